The van der Waals surface area contributed by atoms with Crippen molar-refractivity contribution < 1.29 is 24.2 Å². The number of halogens is 1. The molecule has 1 fully saturated rings. The van der Waals surface area contributed by atoms with Crippen molar-refractivity contribution in [3.63, 3.8) is 0 Å². The minimum atomic E-state index is -1.11. The van der Waals surface area contributed by atoms with Gasteiger partial charge in [-0.25, -0.2) is 9.59 Å². The molecular weight excluding hydrogens is 404 g/mol. The fourth-order valence-corrected chi connectivity index (χ4v) is 3.11. The van der Waals surface area contributed by atoms with Crippen LogP contribution in [-0.4, -0.2) is 55.1 Å². The highest BCUT2D eigenvalue weighted by Crippen LogP contribution is 2.27. The molecule has 1 amide bonds. The van der Waals surface area contributed by atoms with Crippen LogP contribution in [0.1, 0.15) is 26.3 Å². The molecule has 7 nitrogen and oxygen atoms in total. The van der Waals surface area contributed by atoms with E-state index in [0.717, 1.165) is 28.8 Å². The summed E-state index contributed by atoms with van der Waals surface area (Å²) in [6.45, 7) is 7.94. The summed E-state index contributed by atoms with van der Waals surface area (Å²) < 4.78 is 11.4. The summed E-state index contributed by atoms with van der Waals surface area (Å²) in [7, 11) is 0. The summed E-state index contributed by atoms with van der Waals surface area (Å²) in [5.74, 6) is -1.11. The molecule has 0 bridgehead atoms. The maximum absolute atomic E-state index is 12.0. The highest BCUT2D eigenvalue weighted by atomic mass is 79.9. The van der Waals surface area contributed by atoms with Crippen LogP contribution >= 0.6 is 15.9 Å². The van der Waals surface area contributed by atoms with Crippen molar-refractivity contribution in [3.05, 3.63) is 28.2 Å². The van der Waals surface area contributed by atoms with E-state index >= 15 is 0 Å². The molecular formula is C18H25BrN2O5. The predicted molar refractivity (Wildman–Crippen MR) is 102 cm³/mol. The summed E-state index contributed by atoms with van der Waals surface area (Å²) in [4.78, 5) is 25.8. The van der Waals surface area contributed by atoms with Crippen LogP contribution in [0, 0.1) is 0 Å². The average Bonchev–Trinajstić information content (AvgIpc) is 2.53. The molecule has 2 N–H and O–H groups in total. The molecule has 2 rings (SSSR count). The number of anilines is 1. The number of nitrogens with one attached hydrogen (secondary N) is 1. The van der Waals surface area contributed by atoms with Crippen LogP contribution in [0.25, 0.3) is 0 Å². The van der Waals surface area contributed by atoms with Gasteiger partial charge < -0.3 is 24.8 Å². The fourth-order valence-electron chi connectivity index (χ4n) is 2.70. The van der Waals surface area contributed by atoms with E-state index in [9.17, 15) is 14.7 Å². The molecule has 1 saturated heterocycles. The quantitative estimate of drug-likeness (QED) is 0.749. The van der Waals surface area contributed by atoms with Gasteiger partial charge in [-0.1, -0.05) is 15.9 Å². The highest BCUT2D eigenvalue weighted by Gasteiger charge is 2.26. The molecule has 1 aromatic rings. The van der Waals surface area contributed by atoms with Crippen molar-refractivity contribution in [1.82, 2.24) is 5.32 Å². The third kappa shape index (κ3) is 6.17. The number of nitrogens with zero attached hydrogens (tertiary/aromatic N) is 1. The van der Waals surface area contributed by atoms with Crippen LogP contribution in [0.5, 0.6) is 0 Å². The Morgan fingerprint density at radius 3 is 2.58 bits per heavy atom. The van der Waals surface area contributed by atoms with Gasteiger partial charge in [0.25, 0.3) is 0 Å². The first kappa shape index (κ1) is 20.5. The summed E-state index contributed by atoms with van der Waals surface area (Å²) >= 11 is 3.44. The summed E-state index contributed by atoms with van der Waals surface area (Å²) in [6.07, 6.45) is -0.589. The molecule has 1 aliphatic heterocycles. The molecule has 26 heavy (non-hydrogen) atoms. The molecule has 1 unspecified atom stereocenters. The Bertz CT molecular complexity index is 653. The topological polar surface area (TPSA) is 88.1 Å². The van der Waals surface area contributed by atoms with Gasteiger partial charge in [0.2, 0.25) is 0 Å². The third-order valence-electron chi connectivity index (χ3n) is 3.81. The smallest absolute Gasteiger partial charge is 0.408 e. The molecule has 1 atom stereocenters. The Hall–Kier alpha value is -1.80. The lowest BCUT2D eigenvalue weighted by atomic mass is 10.0. The number of aliphatic carboxylic acids is 1. The normalized spacial score (nSPS) is 16.1. The molecule has 8 heteroatoms. The average molecular weight is 429 g/mol. The molecule has 144 valence electrons. The number of rotatable bonds is 5. The SMILES string of the molecule is CC(C)(C)OC(=O)NC(Cc1cc(Br)ccc1N1CCOCC1)C(=O)O. The Morgan fingerprint density at radius 1 is 1.35 bits per heavy atom. The molecule has 0 saturated carbocycles. The number of carbonyl (C=O) groups excluding carboxylic acids is 1. The zero-order chi connectivity index (χ0) is 19.3. The zero-order valence-electron chi connectivity index (χ0n) is 15.3. The van der Waals surface area contributed by atoms with E-state index in [0.29, 0.717) is 13.2 Å². The molecule has 0 radical (unpaired) electrons. The Kier molecular flexibility index (Phi) is 6.88. The van der Waals surface area contributed by atoms with Crippen molar-refractivity contribution >= 4 is 33.7 Å². The number of carbonyl (C=O) groups is 2. The highest BCUT2D eigenvalue weighted by molar-refractivity contribution is 9.10. The molecule has 0 aliphatic carbocycles. The van der Waals surface area contributed by atoms with Gasteiger partial charge in [-0.2, -0.15) is 0 Å². The fraction of sp³-hybridized carbons (Fsp3) is 0.556. The van der Waals surface area contributed by atoms with Gasteiger partial charge in [0, 0.05) is 29.7 Å². The lowest BCUT2D eigenvalue weighted by Crippen LogP contribution is -2.45. The maximum Gasteiger partial charge on any atom is 0.408 e. The lowest BCUT2D eigenvalue weighted by Gasteiger charge is -2.31. The van der Waals surface area contributed by atoms with Crippen LogP contribution in [0.2, 0.25) is 0 Å². The van der Waals surface area contributed by atoms with Crippen molar-refractivity contribution in [2.45, 2.75) is 38.8 Å². The number of ether oxygens (including phenoxy) is 2. The van der Waals surface area contributed by atoms with E-state index in [4.69, 9.17) is 9.47 Å². The summed E-state index contributed by atoms with van der Waals surface area (Å²) in [6, 6.07) is 4.68. The first-order valence-electron chi connectivity index (χ1n) is 8.49. The number of morpholine rings is 1. The third-order valence-corrected chi connectivity index (χ3v) is 4.30. The minimum absolute atomic E-state index is 0.153. The Balaban J connectivity index is 2.18. The van der Waals surface area contributed by atoms with Gasteiger partial charge >= 0.3 is 12.1 Å². The largest absolute Gasteiger partial charge is 0.480 e. The van der Waals surface area contributed by atoms with Crippen LogP contribution < -0.4 is 10.2 Å². The standard InChI is InChI=1S/C18H25BrN2O5/c1-18(2,3)26-17(24)20-14(16(22)23)11-12-10-13(19)4-5-15(12)21-6-8-25-9-7-21/h4-5,10,14H,6-9,11H2,1-3H3,(H,20,24)(H,22,23). The van der Waals surface area contributed by atoms with Gasteiger partial charge in [-0.05, 0) is 44.5 Å². The molecule has 1 heterocycles. The number of alkyl carbamates (subject to hydrolysis) is 1. The van der Waals surface area contributed by atoms with Crippen molar-refractivity contribution in [2.24, 2.45) is 0 Å². The second-order valence-electron chi connectivity index (χ2n) is 7.11. The van der Waals surface area contributed by atoms with Crippen molar-refractivity contribution in [1.29, 1.82) is 0 Å². The predicted octanol–water partition coefficient (Wildman–Crippen LogP) is 2.81. The van der Waals surface area contributed by atoms with Crippen LogP contribution in [0.3, 0.4) is 0 Å². The van der Waals surface area contributed by atoms with E-state index in [1.54, 1.807) is 20.8 Å². The number of hydrogen-bond donors (Lipinski definition) is 2. The second-order valence-corrected chi connectivity index (χ2v) is 8.03. The van der Waals surface area contributed by atoms with Gasteiger partial charge in [0.15, 0.2) is 0 Å². The van der Waals surface area contributed by atoms with Gasteiger partial charge in [-0.3, -0.25) is 0 Å². The van der Waals surface area contributed by atoms with Gasteiger partial charge in [0.05, 0.1) is 13.2 Å². The molecule has 1 aromatic carbocycles. The number of carboxylic acid groups (broad SMARTS) is 1. The molecule has 1 aliphatic rings. The van der Waals surface area contributed by atoms with E-state index in [2.05, 4.69) is 26.1 Å². The first-order valence-corrected chi connectivity index (χ1v) is 9.28. The summed E-state index contributed by atoms with van der Waals surface area (Å²) in [5.41, 5.74) is 1.10. The monoisotopic (exact) mass is 428 g/mol. The second kappa shape index (κ2) is 8.73. The van der Waals surface area contributed by atoms with E-state index in [1.807, 2.05) is 18.2 Å². The number of amides is 1. The van der Waals surface area contributed by atoms with Crippen LogP contribution in [0.15, 0.2) is 22.7 Å². The number of hydrogen-bond acceptors (Lipinski definition) is 5. The lowest BCUT2D eigenvalue weighted by molar-refractivity contribution is -0.139. The first-order chi connectivity index (χ1) is 12.2. The van der Waals surface area contributed by atoms with E-state index in [-0.39, 0.29) is 6.42 Å². The Labute approximate surface area is 161 Å². The van der Waals surface area contributed by atoms with Gasteiger partial charge in [-0.15, -0.1) is 0 Å². The number of carboxylic acids is 1. The van der Waals surface area contributed by atoms with E-state index < -0.39 is 23.7 Å². The minimum Gasteiger partial charge on any atom is -0.480 e. The number of benzene rings is 1. The van der Waals surface area contributed by atoms with Crippen LogP contribution in [0.4, 0.5) is 10.5 Å². The maximum atomic E-state index is 12.0. The summed E-state index contributed by atoms with van der Waals surface area (Å²) in [5, 5.41) is 12.0. The van der Waals surface area contributed by atoms with Gasteiger partial charge in [0.1, 0.15) is 11.6 Å². The van der Waals surface area contributed by atoms with Crippen molar-refractivity contribution in [3.8, 4) is 0 Å². The molecule has 0 aromatic heterocycles. The van der Waals surface area contributed by atoms with Crippen LogP contribution in [-0.2, 0) is 20.7 Å². The Morgan fingerprint density at radius 2 is 2.00 bits per heavy atom. The molecule has 0 spiro atoms. The van der Waals surface area contributed by atoms with E-state index in [1.165, 1.54) is 0 Å². The van der Waals surface area contributed by atoms with Crippen molar-refractivity contribution in [2.75, 3.05) is 31.2 Å². The zero-order valence-corrected chi connectivity index (χ0v) is 16.8.